The van der Waals surface area contributed by atoms with Crippen LogP contribution in [0.5, 0.6) is 5.75 Å². The number of nitrogens with one attached hydrogen (secondary N) is 1. The summed E-state index contributed by atoms with van der Waals surface area (Å²) in [5.74, 6) is 0.607. The molecule has 0 aliphatic carbocycles. The first-order valence-electron chi connectivity index (χ1n) is 7.74. The zero-order valence-electron chi connectivity index (χ0n) is 13.3. The fourth-order valence-corrected chi connectivity index (χ4v) is 1.90. The Hall–Kier alpha value is -1.55. The molecule has 2 unspecified atom stereocenters. The van der Waals surface area contributed by atoms with E-state index in [4.69, 9.17) is 4.74 Å². The lowest BCUT2D eigenvalue weighted by Gasteiger charge is -2.15. The minimum absolute atomic E-state index is 0.0818. The van der Waals surface area contributed by atoms with Gasteiger partial charge in [-0.1, -0.05) is 25.5 Å². The number of amides is 1. The van der Waals surface area contributed by atoms with E-state index in [-0.39, 0.29) is 12.0 Å². The number of benzene rings is 1. The van der Waals surface area contributed by atoms with Gasteiger partial charge in [-0.15, -0.1) is 0 Å². The van der Waals surface area contributed by atoms with Crippen molar-refractivity contribution in [1.82, 2.24) is 5.32 Å². The van der Waals surface area contributed by atoms with Crippen molar-refractivity contribution in [3.63, 3.8) is 0 Å². The van der Waals surface area contributed by atoms with Crippen LogP contribution in [0.1, 0.15) is 45.6 Å². The molecule has 0 aliphatic rings. The summed E-state index contributed by atoms with van der Waals surface area (Å²) in [6.07, 6.45) is 2.85. The topological polar surface area (TPSA) is 58.6 Å². The highest BCUT2D eigenvalue weighted by atomic mass is 16.5. The largest absolute Gasteiger partial charge is 0.481 e. The molecule has 0 saturated carbocycles. The van der Waals surface area contributed by atoms with Gasteiger partial charge in [0.05, 0.1) is 6.10 Å². The molecule has 0 saturated heterocycles. The van der Waals surface area contributed by atoms with Gasteiger partial charge in [0, 0.05) is 6.54 Å². The predicted molar refractivity (Wildman–Crippen MR) is 84.5 cm³/mol. The molecular weight excluding hydrogens is 266 g/mol. The zero-order valence-corrected chi connectivity index (χ0v) is 13.3. The summed E-state index contributed by atoms with van der Waals surface area (Å²) in [4.78, 5) is 11.8. The van der Waals surface area contributed by atoms with E-state index in [9.17, 15) is 9.90 Å². The third-order valence-corrected chi connectivity index (χ3v) is 3.29. The van der Waals surface area contributed by atoms with E-state index < -0.39 is 6.10 Å². The number of carbonyl (C=O) groups excluding carboxylic acids is 1. The Morgan fingerprint density at radius 2 is 1.95 bits per heavy atom. The lowest BCUT2D eigenvalue weighted by atomic mass is 10.1. The lowest BCUT2D eigenvalue weighted by Crippen LogP contribution is -2.36. The van der Waals surface area contributed by atoms with E-state index >= 15 is 0 Å². The highest BCUT2D eigenvalue weighted by Gasteiger charge is 2.13. The monoisotopic (exact) mass is 293 g/mol. The van der Waals surface area contributed by atoms with E-state index in [0.29, 0.717) is 12.3 Å². The normalized spacial score (nSPS) is 13.5. The van der Waals surface area contributed by atoms with Crippen molar-refractivity contribution < 1.29 is 14.6 Å². The van der Waals surface area contributed by atoms with E-state index in [1.54, 1.807) is 13.8 Å². The van der Waals surface area contributed by atoms with Crippen LogP contribution in [0.25, 0.3) is 0 Å². The van der Waals surface area contributed by atoms with Crippen LogP contribution in [0.3, 0.4) is 0 Å². The maximum Gasteiger partial charge on any atom is 0.260 e. The SMILES string of the molecule is CCCCNC(=O)C(C)Oc1ccc(CCC(C)O)cc1. The second-order valence-electron chi connectivity index (χ2n) is 5.44. The van der Waals surface area contributed by atoms with Gasteiger partial charge in [-0.2, -0.15) is 0 Å². The first-order valence-corrected chi connectivity index (χ1v) is 7.74. The highest BCUT2D eigenvalue weighted by molar-refractivity contribution is 5.80. The van der Waals surface area contributed by atoms with E-state index in [1.807, 2.05) is 24.3 Å². The number of aliphatic hydroxyl groups excluding tert-OH is 1. The summed E-state index contributed by atoms with van der Waals surface area (Å²) in [5, 5.41) is 12.1. The molecule has 0 aromatic heterocycles. The molecule has 118 valence electrons. The van der Waals surface area contributed by atoms with Gasteiger partial charge in [0.2, 0.25) is 0 Å². The summed E-state index contributed by atoms with van der Waals surface area (Å²) in [6.45, 7) is 6.32. The second kappa shape index (κ2) is 9.40. The van der Waals surface area contributed by atoms with Crippen LogP contribution in [-0.2, 0) is 11.2 Å². The van der Waals surface area contributed by atoms with Crippen LogP contribution >= 0.6 is 0 Å². The Morgan fingerprint density at radius 3 is 2.52 bits per heavy atom. The van der Waals surface area contributed by atoms with Crippen LogP contribution in [0.15, 0.2) is 24.3 Å². The van der Waals surface area contributed by atoms with Gasteiger partial charge >= 0.3 is 0 Å². The highest BCUT2D eigenvalue weighted by Crippen LogP contribution is 2.15. The standard InChI is InChI=1S/C17H27NO3/c1-4-5-12-18-17(20)14(3)21-16-10-8-15(9-11-16)7-6-13(2)19/h8-11,13-14,19H,4-7,12H2,1-3H3,(H,18,20). The van der Waals surface area contributed by atoms with Crippen LogP contribution < -0.4 is 10.1 Å². The zero-order chi connectivity index (χ0) is 15.7. The Morgan fingerprint density at radius 1 is 1.29 bits per heavy atom. The fourth-order valence-electron chi connectivity index (χ4n) is 1.90. The quantitative estimate of drug-likeness (QED) is 0.688. The molecule has 4 nitrogen and oxygen atoms in total. The Kier molecular flexibility index (Phi) is 7.83. The molecule has 0 radical (unpaired) electrons. The molecule has 0 heterocycles. The molecule has 4 heteroatoms. The van der Waals surface area contributed by atoms with Crippen molar-refractivity contribution in [2.24, 2.45) is 0 Å². The molecule has 2 N–H and O–H groups in total. The molecule has 1 aromatic carbocycles. The Balaban J connectivity index is 2.41. The summed E-state index contributed by atoms with van der Waals surface area (Å²) >= 11 is 0. The molecule has 0 fully saturated rings. The lowest BCUT2D eigenvalue weighted by molar-refractivity contribution is -0.127. The van der Waals surface area contributed by atoms with E-state index in [0.717, 1.165) is 31.2 Å². The molecule has 1 rings (SSSR count). The average Bonchev–Trinajstić information content (AvgIpc) is 2.46. The molecule has 0 bridgehead atoms. The molecule has 21 heavy (non-hydrogen) atoms. The van der Waals surface area contributed by atoms with Gasteiger partial charge in [0.25, 0.3) is 5.91 Å². The molecular formula is C17H27NO3. The van der Waals surface area contributed by atoms with Crippen molar-refractivity contribution in [3.8, 4) is 5.75 Å². The van der Waals surface area contributed by atoms with Crippen LogP contribution in [0.2, 0.25) is 0 Å². The van der Waals surface area contributed by atoms with Crippen LogP contribution in [0.4, 0.5) is 0 Å². The first-order chi connectivity index (χ1) is 10.0. The fraction of sp³-hybridized carbons (Fsp3) is 0.588. The number of aryl methyl sites for hydroxylation is 1. The Bertz CT molecular complexity index is 415. The predicted octanol–water partition coefficient (Wildman–Crippen LogP) is 2.68. The molecule has 2 atom stereocenters. The van der Waals surface area contributed by atoms with Crippen molar-refractivity contribution in [2.75, 3.05) is 6.54 Å². The van der Waals surface area contributed by atoms with Gasteiger partial charge < -0.3 is 15.2 Å². The van der Waals surface area contributed by atoms with Gasteiger partial charge in [-0.25, -0.2) is 0 Å². The number of hydrogen-bond acceptors (Lipinski definition) is 3. The van der Waals surface area contributed by atoms with E-state index in [2.05, 4.69) is 12.2 Å². The number of hydrogen-bond donors (Lipinski definition) is 2. The number of unbranched alkanes of at least 4 members (excludes halogenated alkanes) is 1. The smallest absolute Gasteiger partial charge is 0.260 e. The summed E-state index contributed by atoms with van der Waals surface area (Å²) in [7, 11) is 0. The average molecular weight is 293 g/mol. The van der Waals surface area contributed by atoms with Gasteiger partial charge in [0.1, 0.15) is 5.75 Å². The summed E-state index contributed by atoms with van der Waals surface area (Å²) in [5.41, 5.74) is 1.16. The van der Waals surface area contributed by atoms with Gasteiger partial charge in [0.15, 0.2) is 6.10 Å². The second-order valence-corrected chi connectivity index (χ2v) is 5.44. The van der Waals surface area contributed by atoms with E-state index in [1.165, 1.54) is 0 Å². The summed E-state index contributed by atoms with van der Waals surface area (Å²) in [6, 6.07) is 7.68. The molecule has 1 aromatic rings. The van der Waals surface area contributed by atoms with Crippen molar-refractivity contribution >= 4 is 5.91 Å². The third kappa shape index (κ3) is 7.14. The maximum absolute atomic E-state index is 11.8. The van der Waals surface area contributed by atoms with Crippen molar-refractivity contribution in [1.29, 1.82) is 0 Å². The maximum atomic E-state index is 11.8. The minimum atomic E-state index is -0.495. The third-order valence-electron chi connectivity index (χ3n) is 3.29. The molecule has 1 amide bonds. The molecule has 0 spiro atoms. The van der Waals surface area contributed by atoms with Gasteiger partial charge in [-0.05, 0) is 50.8 Å². The number of aliphatic hydroxyl groups is 1. The van der Waals surface area contributed by atoms with Crippen LogP contribution in [-0.4, -0.2) is 29.8 Å². The first kappa shape index (κ1) is 17.5. The number of rotatable bonds is 9. The van der Waals surface area contributed by atoms with Gasteiger partial charge in [-0.3, -0.25) is 4.79 Å². The number of ether oxygens (including phenoxy) is 1. The van der Waals surface area contributed by atoms with Crippen molar-refractivity contribution in [2.45, 2.75) is 58.7 Å². The minimum Gasteiger partial charge on any atom is -0.481 e. The molecule has 0 aliphatic heterocycles. The Labute approximate surface area is 127 Å². The van der Waals surface area contributed by atoms with Crippen molar-refractivity contribution in [3.05, 3.63) is 29.8 Å². The number of carbonyl (C=O) groups is 1. The van der Waals surface area contributed by atoms with Crippen LogP contribution in [0, 0.1) is 0 Å². The summed E-state index contributed by atoms with van der Waals surface area (Å²) < 4.78 is 5.63.